The predicted molar refractivity (Wildman–Crippen MR) is 86.3 cm³/mol. The Morgan fingerprint density at radius 3 is 2.64 bits per heavy atom. The summed E-state index contributed by atoms with van der Waals surface area (Å²) in [4.78, 5) is 11.7. The molecule has 134 valence electrons. The minimum absolute atomic E-state index is 0.0171. The van der Waals surface area contributed by atoms with Gasteiger partial charge >= 0.3 is 0 Å². The first kappa shape index (κ1) is 17.4. The van der Waals surface area contributed by atoms with E-state index in [9.17, 15) is 13.2 Å². The van der Waals surface area contributed by atoms with Crippen LogP contribution in [0.3, 0.4) is 0 Å². The number of sulfonamides is 1. The normalized spacial score (nSPS) is 15.4. The molecule has 1 aromatic carbocycles. The molecule has 1 aliphatic rings. The Morgan fingerprint density at radius 2 is 2.04 bits per heavy atom. The number of carbonyl (C=O) groups excluding carboxylic acids is 1. The molecule has 0 unspecified atom stereocenters. The maximum absolute atomic E-state index is 12.6. The van der Waals surface area contributed by atoms with Crippen molar-refractivity contribution >= 4 is 15.9 Å². The maximum Gasteiger partial charge on any atom is 0.253 e. The fourth-order valence-corrected chi connectivity index (χ4v) is 4.14. The third-order valence-electron chi connectivity index (χ3n) is 3.84. The van der Waals surface area contributed by atoms with E-state index >= 15 is 0 Å². The van der Waals surface area contributed by atoms with Crippen molar-refractivity contribution in [1.82, 2.24) is 14.5 Å². The van der Waals surface area contributed by atoms with Gasteiger partial charge in [-0.05, 0) is 31.0 Å². The van der Waals surface area contributed by atoms with E-state index in [1.807, 2.05) is 0 Å². The molecule has 1 saturated heterocycles. The van der Waals surface area contributed by atoms with Crippen LogP contribution in [0.15, 0.2) is 27.5 Å². The number of hydrogen-bond acceptors (Lipinski definition) is 7. The third kappa shape index (κ3) is 3.64. The molecule has 0 saturated carbocycles. The molecule has 2 N–H and O–H groups in total. The quantitative estimate of drug-likeness (QED) is 0.802. The Kier molecular flexibility index (Phi) is 4.73. The van der Waals surface area contributed by atoms with Crippen molar-refractivity contribution < 1.29 is 22.4 Å². The number of nitrogens with two attached hydrogens (primary N) is 1. The summed E-state index contributed by atoms with van der Waals surface area (Å²) in [6.45, 7) is 2.54. The number of benzene rings is 1. The standard InChI is InChI=1S/C15H18N4O5S/c1-10-17-18-14(24-10)9-23-13-5-4-11(8-12(13)15(16)20)25(21,22)19-6-2-3-7-19/h4-5,8H,2-3,6-7,9H2,1H3,(H2,16,20). The molecule has 0 spiro atoms. The lowest BCUT2D eigenvalue weighted by atomic mass is 10.2. The van der Waals surface area contributed by atoms with E-state index < -0.39 is 15.9 Å². The topological polar surface area (TPSA) is 129 Å². The molecule has 1 amide bonds. The van der Waals surface area contributed by atoms with Gasteiger partial charge in [0, 0.05) is 20.0 Å². The van der Waals surface area contributed by atoms with E-state index in [4.69, 9.17) is 14.9 Å². The summed E-state index contributed by atoms with van der Waals surface area (Å²) in [5, 5.41) is 7.46. The second-order valence-corrected chi connectivity index (χ2v) is 7.57. The van der Waals surface area contributed by atoms with Crippen molar-refractivity contribution in [2.75, 3.05) is 13.1 Å². The smallest absolute Gasteiger partial charge is 0.253 e. The highest BCUT2D eigenvalue weighted by Gasteiger charge is 2.28. The molecule has 0 atom stereocenters. The van der Waals surface area contributed by atoms with Gasteiger partial charge in [-0.1, -0.05) is 0 Å². The van der Waals surface area contributed by atoms with Crippen LogP contribution in [0.4, 0.5) is 0 Å². The number of amides is 1. The van der Waals surface area contributed by atoms with Crippen molar-refractivity contribution in [3.63, 3.8) is 0 Å². The SMILES string of the molecule is Cc1nnc(COc2ccc(S(=O)(=O)N3CCCC3)cc2C(N)=O)o1. The van der Waals surface area contributed by atoms with Crippen LogP contribution >= 0.6 is 0 Å². The number of aryl methyl sites for hydroxylation is 1. The third-order valence-corrected chi connectivity index (χ3v) is 5.73. The summed E-state index contributed by atoms with van der Waals surface area (Å²) in [6.07, 6.45) is 1.65. The highest BCUT2D eigenvalue weighted by atomic mass is 32.2. The van der Waals surface area contributed by atoms with Crippen LogP contribution in [0.2, 0.25) is 0 Å². The molecule has 1 aromatic heterocycles. The summed E-state index contributed by atoms with van der Waals surface area (Å²) in [7, 11) is -3.65. The Balaban J connectivity index is 1.86. The average molecular weight is 366 g/mol. The molecule has 1 aliphatic heterocycles. The number of nitrogens with zero attached hydrogens (tertiary/aromatic N) is 3. The van der Waals surface area contributed by atoms with Gasteiger partial charge in [0.05, 0.1) is 10.5 Å². The van der Waals surface area contributed by atoms with Crippen LogP contribution in [0.1, 0.15) is 35.0 Å². The second-order valence-electron chi connectivity index (χ2n) is 5.64. The lowest BCUT2D eigenvalue weighted by Crippen LogP contribution is -2.28. The molecule has 9 nitrogen and oxygen atoms in total. The van der Waals surface area contributed by atoms with Crippen LogP contribution < -0.4 is 10.5 Å². The first-order valence-electron chi connectivity index (χ1n) is 7.74. The van der Waals surface area contributed by atoms with E-state index in [-0.39, 0.29) is 28.7 Å². The number of hydrogen-bond donors (Lipinski definition) is 1. The average Bonchev–Trinajstić information content (AvgIpc) is 3.24. The maximum atomic E-state index is 12.6. The zero-order valence-electron chi connectivity index (χ0n) is 13.6. The van der Waals surface area contributed by atoms with E-state index in [2.05, 4.69) is 10.2 Å². The summed E-state index contributed by atoms with van der Waals surface area (Å²) < 4.78 is 37.3. The summed E-state index contributed by atoms with van der Waals surface area (Å²) in [5.41, 5.74) is 5.36. The lowest BCUT2D eigenvalue weighted by molar-refractivity contribution is 0.0995. The highest BCUT2D eigenvalue weighted by molar-refractivity contribution is 7.89. The lowest BCUT2D eigenvalue weighted by Gasteiger charge is -2.16. The van der Waals surface area contributed by atoms with Crippen molar-refractivity contribution in [3.05, 3.63) is 35.5 Å². The Labute approximate surface area is 144 Å². The van der Waals surface area contributed by atoms with Crippen LogP contribution in [-0.2, 0) is 16.6 Å². The summed E-state index contributed by atoms with van der Waals surface area (Å²) in [6, 6.07) is 4.05. The summed E-state index contributed by atoms with van der Waals surface area (Å²) in [5.74, 6) is 0.00127. The van der Waals surface area contributed by atoms with Gasteiger partial charge in [-0.15, -0.1) is 10.2 Å². The molecule has 2 heterocycles. The molecular weight excluding hydrogens is 348 g/mol. The number of aromatic nitrogens is 2. The Hall–Kier alpha value is -2.46. The van der Waals surface area contributed by atoms with Gasteiger partial charge in [0.15, 0.2) is 6.61 Å². The van der Waals surface area contributed by atoms with Gasteiger partial charge in [0.1, 0.15) is 5.75 Å². The molecular formula is C15H18N4O5S. The molecule has 0 bridgehead atoms. The van der Waals surface area contributed by atoms with Gasteiger partial charge in [0.2, 0.25) is 15.9 Å². The van der Waals surface area contributed by atoms with Crippen LogP contribution in [0, 0.1) is 6.92 Å². The minimum atomic E-state index is -3.65. The Morgan fingerprint density at radius 1 is 1.32 bits per heavy atom. The van der Waals surface area contributed by atoms with Gasteiger partial charge in [-0.3, -0.25) is 4.79 Å². The van der Waals surface area contributed by atoms with Crippen LogP contribution in [0.5, 0.6) is 5.75 Å². The predicted octanol–water partition coefficient (Wildman–Crippen LogP) is 0.840. The monoisotopic (exact) mass is 366 g/mol. The van der Waals surface area contributed by atoms with E-state index in [1.54, 1.807) is 6.92 Å². The molecule has 25 heavy (non-hydrogen) atoms. The molecule has 2 aromatic rings. The van der Waals surface area contributed by atoms with Crippen LogP contribution in [-0.4, -0.2) is 41.9 Å². The van der Waals surface area contributed by atoms with E-state index in [1.165, 1.54) is 22.5 Å². The number of carbonyl (C=O) groups is 1. The zero-order chi connectivity index (χ0) is 18.0. The zero-order valence-corrected chi connectivity index (χ0v) is 14.5. The van der Waals surface area contributed by atoms with Crippen molar-refractivity contribution in [2.45, 2.75) is 31.3 Å². The van der Waals surface area contributed by atoms with Crippen molar-refractivity contribution in [1.29, 1.82) is 0 Å². The summed E-state index contributed by atoms with van der Waals surface area (Å²) >= 11 is 0. The van der Waals surface area contributed by atoms with Crippen LogP contribution in [0.25, 0.3) is 0 Å². The van der Waals surface area contributed by atoms with E-state index in [0.29, 0.717) is 19.0 Å². The van der Waals surface area contributed by atoms with Gasteiger partial charge in [-0.2, -0.15) is 4.31 Å². The first-order valence-corrected chi connectivity index (χ1v) is 9.18. The van der Waals surface area contributed by atoms with Crippen molar-refractivity contribution in [3.8, 4) is 5.75 Å². The molecule has 0 aliphatic carbocycles. The fourth-order valence-electron chi connectivity index (χ4n) is 2.60. The van der Waals surface area contributed by atoms with E-state index in [0.717, 1.165) is 12.8 Å². The number of primary amides is 1. The van der Waals surface area contributed by atoms with Gasteiger partial charge in [0.25, 0.3) is 11.8 Å². The molecule has 0 radical (unpaired) electrons. The second kappa shape index (κ2) is 6.81. The largest absolute Gasteiger partial charge is 0.483 e. The Bertz CT molecular complexity index is 887. The molecule has 3 rings (SSSR count). The number of ether oxygens (including phenoxy) is 1. The van der Waals surface area contributed by atoms with Crippen molar-refractivity contribution in [2.24, 2.45) is 5.73 Å². The molecule has 1 fully saturated rings. The number of rotatable bonds is 6. The highest BCUT2D eigenvalue weighted by Crippen LogP contribution is 2.27. The minimum Gasteiger partial charge on any atom is -0.483 e. The fraction of sp³-hybridized carbons (Fsp3) is 0.400. The van der Waals surface area contributed by atoms with Gasteiger partial charge < -0.3 is 14.9 Å². The van der Waals surface area contributed by atoms with Gasteiger partial charge in [-0.25, -0.2) is 8.42 Å². The molecule has 10 heteroatoms. The first-order chi connectivity index (χ1) is 11.9.